The Morgan fingerprint density at radius 2 is 1.76 bits per heavy atom. The normalized spacial score (nSPS) is 15.0. The summed E-state index contributed by atoms with van der Waals surface area (Å²) >= 11 is 0. The molecule has 0 radical (unpaired) electrons. The summed E-state index contributed by atoms with van der Waals surface area (Å²) in [6, 6.07) is 20.9. The first-order chi connectivity index (χ1) is 14.3. The molecule has 0 spiro atoms. The summed E-state index contributed by atoms with van der Waals surface area (Å²) in [5.74, 6) is 0.722. The van der Waals surface area contributed by atoms with E-state index in [0.29, 0.717) is 17.7 Å². The molecule has 4 rings (SSSR count). The van der Waals surface area contributed by atoms with Crippen LogP contribution >= 0.6 is 0 Å². The lowest BCUT2D eigenvalue weighted by atomic mass is 9.95. The molecule has 1 amide bonds. The Hall–Kier alpha value is -3.36. The largest absolute Gasteiger partial charge is 0.468 e. The number of hydrogen-bond acceptors (Lipinski definition) is 4. The van der Waals surface area contributed by atoms with Crippen molar-refractivity contribution in [2.75, 3.05) is 19.6 Å². The van der Waals surface area contributed by atoms with E-state index in [4.69, 9.17) is 4.42 Å². The summed E-state index contributed by atoms with van der Waals surface area (Å²) < 4.78 is 5.64. The molecule has 2 heterocycles. The maximum Gasteiger partial charge on any atom is 0.251 e. The number of carbonyl (C=O) groups is 1. The summed E-state index contributed by atoms with van der Waals surface area (Å²) in [5, 5.41) is 12.5. The zero-order chi connectivity index (χ0) is 20.1. The highest BCUT2D eigenvalue weighted by Crippen LogP contribution is 2.28. The van der Waals surface area contributed by atoms with Crippen LogP contribution < -0.4 is 5.32 Å². The van der Waals surface area contributed by atoms with Crippen LogP contribution in [0.3, 0.4) is 0 Å². The van der Waals surface area contributed by atoms with Crippen LogP contribution in [0.25, 0.3) is 11.1 Å². The number of nitrogens with one attached hydrogen (secondary N) is 1. The van der Waals surface area contributed by atoms with Crippen molar-refractivity contribution in [2.45, 2.75) is 18.9 Å². The minimum Gasteiger partial charge on any atom is -0.468 e. The molecule has 1 fully saturated rings. The Bertz CT molecular complexity index is 1010. The van der Waals surface area contributed by atoms with E-state index in [2.05, 4.69) is 16.3 Å². The van der Waals surface area contributed by atoms with E-state index in [9.17, 15) is 10.1 Å². The van der Waals surface area contributed by atoms with Gasteiger partial charge in [0.15, 0.2) is 0 Å². The fourth-order valence-electron chi connectivity index (χ4n) is 3.96. The lowest BCUT2D eigenvalue weighted by molar-refractivity contribution is 0.0934. The molecule has 2 aromatic carbocycles. The third-order valence-corrected chi connectivity index (χ3v) is 5.42. The van der Waals surface area contributed by atoms with E-state index < -0.39 is 0 Å². The van der Waals surface area contributed by atoms with Crippen molar-refractivity contribution in [3.05, 3.63) is 83.8 Å². The standard InChI is InChI=1S/C24H23N3O2/c25-16-18-8-1-2-9-19(18)20-10-3-4-11-21(20)24(28)26-17-22(23-12-7-15-29-23)27-13-5-6-14-27/h1-4,7-12,15,22H,5-6,13-14,17H2,(H,26,28)/t22-/m1/s1. The van der Waals surface area contributed by atoms with E-state index >= 15 is 0 Å². The lowest BCUT2D eigenvalue weighted by Gasteiger charge is -2.26. The highest BCUT2D eigenvalue weighted by molar-refractivity contribution is 6.01. The summed E-state index contributed by atoms with van der Waals surface area (Å²) in [4.78, 5) is 15.4. The summed E-state index contributed by atoms with van der Waals surface area (Å²) in [6.45, 7) is 2.49. The van der Waals surface area contributed by atoms with Crippen LogP contribution in [0.5, 0.6) is 0 Å². The second-order valence-electron chi connectivity index (χ2n) is 7.19. The first kappa shape index (κ1) is 19.0. The summed E-state index contributed by atoms with van der Waals surface area (Å²) in [5.41, 5.74) is 2.65. The van der Waals surface area contributed by atoms with Crippen molar-refractivity contribution in [3.63, 3.8) is 0 Å². The second-order valence-corrected chi connectivity index (χ2v) is 7.19. The Morgan fingerprint density at radius 1 is 1.03 bits per heavy atom. The molecule has 29 heavy (non-hydrogen) atoms. The zero-order valence-corrected chi connectivity index (χ0v) is 16.2. The van der Waals surface area contributed by atoms with E-state index in [1.165, 1.54) is 12.8 Å². The van der Waals surface area contributed by atoms with Crippen LogP contribution in [0.15, 0.2) is 71.3 Å². The summed E-state index contributed by atoms with van der Waals surface area (Å²) in [6.07, 6.45) is 4.01. The first-order valence-electron chi connectivity index (χ1n) is 9.92. The van der Waals surface area contributed by atoms with Gasteiger partial charge in [0.1, 0.15) is 5.76 Å². The molecule has 0 aliphatic carbocycles. The van der Waals surface area contributed by atoms with Crippen molar-refractivity contribution >= 4 is 5.91 Å². The van der Waals surface area contributed by atoms with Crippen LogP contribution in [-0.2, 0) is 0 Å². The first-order valence-corrected chi connectivity index (χ1v) is 9.92. The summed E-state index contributed by atoms with van der Waals surface area (Å²) in [7, 11) is 0. The van der Waals surface area contributed by atoms with Crippen molar-refractivity contribution in [1.82, 2.24) is 10.2 Å². The van der Waals surface area contributed by atoms with Crippen molar-refractivity contribution in [1.29, 1.82) is 5.26 Å². The van der Waals surface area contributed by atoms with Gasteiger partial charge in [0.25, 0.3) is 5.91 Å². The van der Waals surface area contributed by atoms with Gasteiger partial charge in [-0.1, -0.05) is 36.4 Å². The molecule has 1 aromatic heterocycles. The molecule has 5 nitrogen and oxygen atoms in total. The van der Waals surface area contributed by atoms with Gasteiger partial charge in [-0.05, 0) is 55.8 Å². The molecule has 1 atom stereocenters. The Morgan fingerprint density at radius 3 is 2.48 bits per heavy atom. The Labute approximate surface area is 170 Å². The average molecular weight is 385 g/mol. The molecule has 0 saturated carbocycles. The molecular weight excluding hydrogens is 362 g/mol. The number of likely N-dealkylation sites (tertiary alicyclic amines) is 1. The van der Waals surface area contributed by atoms with E-state index in [0.717, 1.165) is 30.0 Å². The molecule has 1 aliphatic heterocycles. The molecule has 5 heteroatoms. The van der Waals surface area contributed by atoms with E-state index in [1.54, 1.807) is 18.4 Å². The Balaban J connectivity index is 1.57. The predicted molar refractivity (Wildman–Crippen MR) is 111 cm³/mol. The monoisotopic (exact) mass is 385 g/mol. The van der Waals surface area contributed by atoms with Crippen molar-refractivity contribution in [3.8, 4) is 17.2 Å². The molecule has 1 saturated heterocycles. The van der Waals surface area contributed by atoms with Gasteiger partial charge in [-0.15, -0.1) is 0 Å². The van der Waals surface area contributed by atoms with Gasteiger partial charge in [0, 0.05) is 17.7 Å². The minimum atomic E-state index is -0.149. The maximum absolute atomic E-state index is 13.1. The van der Waals surface area contributed by atoms with E-state index in [1.807, 2.05) is 48.5 Å². The van der Waals surface area contributed by atoms with Gasteiger partial charge in [0.2, 0.25) is 0 Å². The molecule has 3 aromatic rings. The fourth-order valence-corrected chi connectivity index (χ4v) is 3.96. The fraction of sp³-hybridized carbons (Fsp3) is 0.250. The second kappa shape index (κ2) is 8.76. The van der Waals surface area contributed by atoms with Crippen LogP contribution in [-0.4, -0.2) is 30.4 Å². The molecule has 1 N–H and O–H groups in total. The number of carbonyl (C=O) groups excluding carboxylic acids is 1. The smallest absolute Gasteiger partial charge is 0.251 e. The number of hydrogen-bond donors (Lipinski definition) is 1. The third-order valence-electron chi connectivity index (χ3n) is 5.42. The number of nitriles is 1. The van der Waals surface area contributed by atoms with Gasteiger partial charge in [0.05, 0.1) is 23.9 Å². The van der Waals surface area contributed by atoms with Crippen LogP contribution in [0.1, 0.15) is 40.6 Å². The van der Waals surface area contributed by atoms with Crippen LogP contribution in [0.4, 0.5) is 0 Å². The maximum atomic E-state index is 13.1. The Kier molecular flexibility index (Phi) is 5.73. The van der Waals surface area contributed by atoms with Crippen molar-refractivity contribution in [2.24, 2.45) is 0 Å². The molecule has 1 aliphatic rings. The van der Waals surface area contributed by atoms with Crippen LogP contribution in [0.2, 0.25) is 0 Å². The lowest BCUT2D eigenvalue weighted by Crippen LogP contribution is -2.36. The number of amides is 1. The predicted octanol–water partition coefficient (Wildman–Crippen LogP) is 4.39. The SMILES string of the molecule is N#Cc1ccccc1-c1ccccc1C(=O)NC[C@H](c1ccco1)N1CCCC1. The molecule has 0 unspecified atom stereocenters. The molecule has 0 bridgehead atoms. The third kappa shape index (κ3) is 4.08. The van der Waals surface area contributed by atoms with Gasteiger partial charge < -0.3 is 9.73 Å². The number of furan rings is 1. The quantitative estimate of drug-likeness (QED) is 0.683. The van der Waals surface area contributed by atoms with Gasteiger partial charge >= 0.3 is 0 Å². The van der Waals surface area contributed by atoms with Gasteiger partial charge in [-0.25, -0.2) is 0 Å². The van der Waals surface area contributed by atoms with Gasteiger partial charge in [-0.3, -0.25) is 9.69 Å². The zero-order valence-electron chi connectivity index (χ0n) is 16.2. The van der Waals surface area contributed by atoms with Crippen molar-refractivity contribution < 1.29 is 9.21 Å². The number of nitrogens with zero attached hydrogens (tertiary/aromatic N) is 2. The van der Waals surface area contributed by atoms with Gasteiger partial charge in [-0.2, -0.15) is 5.26 Å². The van der Waals surface area contributed by atoms with E-state index in [-0.39, 0.29) is 11.9 Å². The minimum absolute atomic E-state index is 0.0232. The average Bonchev–Trinajstić information content (AvgIpc) is 3.49. The topological polar surface area (TPSA) is 69.3 Å². The molecule has 146 valence electrons. The highest BCUT2D eigenvalue weighted by atomic mass is 16.3. The molecular formula is C24H23N3O2. The van der Waals surface area contributed by atoms with Crippen LogP contribution in [0, 0.1) is 11.3 Å². The highest BCUT2D eigenvalue weighted by Gasteiger charge is 2.26. The number of benzene rings is 2. The number of rotatable bonds is 6.